The monoisotopic (exact) mass is 419 g/mol. The van der Waals surface area contributed by atoms with Crippen LogP contribution in [0.5, 0.6) is 11.9 Å². The van der Waals surface area contributed by atoms with E-state index in [0.29, 0.717) is 18.4 Å². The lowest BCUT2D eigenvalue weighted by atomic mass is 9.82. The van der Waals surface area contributed by atoms with Crippen LogP contribution in [0.1, 0.15) is 36.8 Å². The number of hydrogen-bond donors (Lipinski definition) is 1. The number of ether oxygens (including phenoxy) is 2. The van der Waals surface area contributed by atoms with E-state index in [1.807, 2.05) is 6.92 Å². The molecule has 2 aliphatic rings. The Balaban J connectivity index is 1.66. The van der Waals surface area contributed by atoms with Crippen LogP contribution in [0.3, 0.4) is 0 Å². The Kier molecular flexibility index (Phi) is 5.00. The summed E-state index contributed by atoms with van der Waals surface area (Å²) in [4.78, 5) is 8.58. The molecule has 2 aromatic rings. The highest BCUT2D eigenvalue weighted by molar-refractivity contribution is 7.89. The number of hydrogen-bond acceptors (Lipinski definition) is 7. The van der Waals surface area contributed by atoms with Gasteiger partial charge in [0, 0.05) is 18.3 Å². The average Bonchev–Trinajstić information content (AvgIpc) is 3.01. The van der Waals surface area contributed by atoms with Crippen molar-refractivity contribution in [3.8, 4) is 11.9 Å². The first-order valence-corrected chi connectivity index (χ1v) is 11.0. The SMILES string of the molecule is COc1ncc(C2(O)C[C@@H]3CC[C@@H](C2)N3S(=O)(=O)c2ccc(C)cc2)c(OC)n1. The topological polar surface area (TPSA) is 102 Å². The molecule has 2 atom stereocenters. The van der Waals surface area contributed by atoms with E-state index in [4.69, 9.17) is 9.47 Å². The van der Waals surface area contributed by atoms with Gasteiger partial charge in [0.25, 0.3) is 0 Å². The molecule has 3 heterocycles. The summed E-state index contributed by atoms with van der Waals surface area (Å²) in [5.41, 5.74) is 0.208. The Morgan fingerprint density at radius 1 is 1.10 bits per heavy atom. The van der Waals surface area contributed by atoms with E-state index in [1.165, 1.54) is 20.4 Å². The molecule has 1 aromatic carbocycles. The third kappa shape index (κ3) is 3.37. The summed E-state index contributed by atoms with van der Waals surface area (Å²) >= 11 is 0. The summed E-state index contributed by atoms with van der Waals surface area (Å²) < 4.78 is 38.6. The summed E-state index contributed by atoms with van der Waals surface area (Å²) in [7, 11) is -0.705. The van der Waals surface area contributed by atoms with E-state index in [0.717, 1.165) is 5.56 Å². The maximum atomic E-state index is 13.3. The fourth-order valence-electron chi connectivity index (χ4n) is 4.55. The smallest absolute Gasteiger partial charge is 0.319 e. The number of sulfonamides is 1. The van der Waals surface area contributed by atoms with Gasteiger partial charge in [0.2, 0.25) is 15.9 Å². The fraction of sp³-hybridized carbons (Fsp3) is 0.500. The Labute approximate surface area is 170 Å². The molecular formula is C20H25N3O5S. The Morgan fingerprint density at radius 2 is 1.72 bits per heavy atom. The standard InChI is InChI=1S/C20H25N3O5S/c1-13-4-8-16(9-5-13)29(25,26)23-14-6-7-15(23)11-20(24,10-14)17-12-21-19(28-3)22-18(17)27-2/h4-5,8-9,12,14-15,24H,6-7,10-11H2,1-3H3/t14-,15-/m0/s1. The van der Waals surface area contributed by atoms with Crippen LogP contribution in [0.25, 0.3) is 0 Å². The van der Waals surface area contributed by atoms with Gasteiger partial charge >= 0.3 is 6.01 Å². The predicted molar refractivity (Wildman–Crippen MR) is 105 cm³/mol. The molecule has 0 aliphatic carbocycles. The number of aryl methyl sites for hydroxylation is 1. The molecule has 1 N–H and O–H groups in total. The summed E-state index contributed by atoms with van der Waals surface area (Å²) in [6, 6.07) is 6.45. The van der Waals surface area contributed by atoms with Gasteiger partial charge in [-0.3, -0.25) is 0 Å². The quantitative estimate of drug-likeness (QED) is 0.791. The molecule has 2 saturated heterocycles. The number of fused-ring (bicyclic) bond motifs is 2. The van der Waals surface area contributed by atoms with Crippen molar-refractivity contribution in [3.63, 3.8) is 0 Å². The van der Waals surface area contributed by atoms with Gasteiger partial charge in [0.1, 0.15) is 0 Å². The molecule has 0 spiro atoms. The molecule has 0 amide bonds. The molecule has 0 unspecified atom stereocenters. The molecule has 29 heavy (non-hydrogen) atoms. The van der Waals surface area contributed by atoms with E-state index in [9.17, 15) is 13.5 Å². The highest BCUT2D eigenvalue weighted by Gasteiger charge is 2.53. The van der Waals surface area contributed by atoms with Crippen LogP contribution in [-0.2, 0) is 15.6 Å². The van der Waals surface area contributed by atoms with E-state index in [-0.39, 0.29) is 41.7 Å². The van der Waals surface area contributed by atoms with E-state index in [2.05, 4.69) is 9.97 Å². The van der Waals surface area contributed by atoms with Gasteiger partial charge in [0.15, 0.2) is 0 Å². The maximum Gasteiger partial charge on any atom is 0.319 e. The lowest BCUT2D eigenvalue weighted by molar-refractivity contribution is -0.0362. The lowest BCUT2D eigenvalue weighted by Gasteiger charge is -2.43. The second-order valence-corrected chi connectivity index (χ2v) is 9.60. The minimum Gasteiger partial charge on any atom is -0.481 e. The number of benzene rings is 1. The third-order valence-electron chi connectivity index (χ3n) is 5.90. The molecule has 2 fully saturated rings. The zero-order chi connectivity index (χ0) is 20.8. The maximum absolute atomic E-state index is 13.3. The van der Waals surface area contributed by atoms with Crippen molar-refractivity contribution < 1.29 is 23.0 Å². The van der Waals surface area contributed by atoms with E-state index < -0.39 is 15.6 Å². The van der Waals surface area contributed by atoms with Crippen LogP contribution >= 0.6 is 0 Å². The molecule has 2 aliphatic heterocycles. The van der Waals surface area contributed by atoms with Gasteiger partial charge in [-0.15, -0.1) is 0 Å². The number of aromatic nitrogens is 2. The molecule has 2 bridgehead atoms. The molecule has 0 saturated carbocycles. The Hall–Kier alpha value is -2.23. The second kappa shape index (κ2) is 7.23. The zero-order valence-electron chi connectivity index (χ0n) is 16.7. The van der Waals surface area contributed by atoms with Gasteiger partial charge in [-0.05, 0) is 44.7 Å². The fourth-order valence-corrected chi connectivity index (χ4v) is 6.42. The Bertz CT molecular complexity index is 995. The molecule has 156 valence electrons. The van der Waals surface area contributed by atoms with Crippen LogP contribution in [0.15, 0.2) is 35.4 Å². The minimum absolute atomic E-state index is 0.150. The molecule has 0 radical (unpaired) electrons. The molecule has 9 heteroatoms. The number of methoxy groups -OCH3 is 2. The summed E-state index contributed by atoms with van der Waals surface area (Å²) in [5.74, 6) is 0.244. The summed E-state index contributed by atoms with van der Waals surface area (Å²) in [5, 5.41) is 11.5. The summed E-state index contributed by atoms with van der Waals surface area (Å²) in [6.07, 6.45) is 3.45. The number of nitrogens with zero attached hydrogens (tertiary/aromatic N) is 3. The van der Waals surface area contributed by atoms with Crippen LogP contribution in [0.4, 0.5) is 0 Å². The van der Waals surface area contributed by atoms with Crippen molar-refractivity contribution in [3.05, 3.63) is 41.6 Å². The minimum atomic E-state index is -3.63. The molecule has 8 nitrogen and oxygen atoms in total. The largest absolute Gasteiger partial charge is 0.481 e. The van der Waals surface area contributed by atoms with Gasteiger partial charge in [0.05, 0.1) is 30.3 Å². The predicted octanol–water partition coefficient (Wildman–Crippen LogP) is 2.01. The average molecular weight is 420 g/mol. The number of aliphatic hydroxyl groups is 1. The Morgan fingerprint density at radius 3 is 2.28 bits per heavy atom. The van der Waals surface area contributed by atoms with Gasteiger partial charge in [-0.25, -0.2) is 13.4 Å². The third-order valence-corrected chi connectivity index (χ3v) is 7.92. The van der Waals surface area contributed by atoms with Crippen molar-refractivity contribution in [2.45, 2.75) is 55.2 Å². The molecule has 4 rings (SSSR count). The number of rotatable bonds is 5. The molecule has 1 aromatic heterocycles. The second-order valence-electron chi connectivity index (χ2n) is 7.75. The van der Waals surface area contributed by atoms with Crippen LogP contribution in [0.2, 0.25) is 0 Å². The van der Waals surface area contributed by atoms with Crippen LogP contribution in [0, 0.1) is 6.92 Å². The van der Waals surface area contributed by atoms with Gasteiger partial charge < -0.3 is 14.6 Å². The first kappa shape index (κ1) is 20.1. The van der Waals surface area contributed by atoms with Gasteiger partial charge in [-0.2, -0.15) is 9.29 Å². The zero-order valence-corrected chi connectivity index (χ0v) is 17.5. The van der Waals surface area contributed by atoms with Crippen molar-refractivity contribution in [1.29, 1.82) is 0 Å². The van der Waals surface area contributed by atoms with Gasteiger partial charge in [-0.1, -0.05) is 17.7 Å². The number of piperidine rings is 1. The van der Waals surface area contributed by atoms with Crippen LogP contribution < -0.4 is 9.47 Å². The van der Waals surface area contributed by atoms with Crippen molar-refractivity contribution in [2.24, 2.45) is 0 Å². The normalized spacial score (nSPS) is 27.0. The highest BCUT2D eigenvalue weighted by Crippen LogP contribution is 2.49. The van der Waals surface area contributed by atoms with E-state index >= 15 is 0 Å². The molecular weight excluding hydrogens is 394 g/mol. The highest BCUT2D eigenvalue weighted by atomic mass is 32.2. The van der Waals surface area contributed by atoms with Crippen molar-refractivity contribution in [1.82, 2.24) is 14.3 Å². The first-order chi connectivity index (χ1) is 13.8. The van der Waals surface area contributed by atoms with E-state index in [1.54, 1.807) is 28.6 Å². The van der Waals surface area contributed by atoms with Crippen molar-refractivity contribution >= 4 is 10.0 Å². The van der Waals surface area contributed by atoms with Crippen LogP contribution in [-0.4, -0.2) is 54.1 Å². The first-order valence-electron chi connectivity index (χ1n) is 9.56. The van der Waals surface area contributed by atoms with Crippen molar-refractivity contribution in [2.75, 3.05) is 14.2 Å². The lowest BCUT2D eigenvalue weighted by Crippen LogP contribution is -2.52. The summed E-state index contributed by atoms with van der Waals surface area (Å²) in [6.45, 7) is 1.92.